The van der Waals surface area contributed by atoms with E-state index in [-0.39, 0.29) is 5.69 Å². The average molecular weight is 247 g/mol. The quantitative estimate of drug-likeness (QED) is 0.857. The number of alkyl halides is 3. The van der Waals surface area contributed by atoms with Crippen molar-refractivity contribution in [1.82, 2.24) is 4.98 Å². The van der Waals surface area contributed by atoms with Crippen LogP contribution in [0.5, 0.6) is 0 Å². The van der Waals surface area contributed by atoms with Crippen molar-refractivity contribution in [2.24, 2.45) is 5.73 Å². The van der Waals surface area contributed by atoms with Gasteiger partial charge in [0, 0.05) is 13.2 Å². The molecule has 1 aromatic rings. The number of rotatable bonds is 2. The van der Waals surface area contributed by atoms with Crippen molar-refractivity contribution in [1.29, 1.82) is 0 Å². The van der Waals surface area contributed by atoms with Crippen molar-refractivity contribution in [2.75, 3.05) is 11.9 Å². The number of amides is 1. The third-order valence-electron chi connectivity index (χ3n) is 2.37. The first-order valence-electron chi connectivity index (χ1n) is 4.71. The third kappa shape index (κ3) is 2.55. The summed E-state index contributed by atoms with van der Waals surface area (Å²) in [5.74, 6) is -1.24. The number of hydrogen-bond acceptors (Lipinski definition) is 3. The second-order valence-electron chi connectivity index (χ2n) is 3.78. The number of pyridine rings is 1. The highest BCUT2D eigenvalue weighted by molar-refractivity contribution is 5.99. The predicted octanol–water partition coefficient (Wildman–Crippen LogP) is 1.32. The molecule has 94 valence electrons. The van der Waals surface area contributed by atoms with Crippen LogP contribution in [0.2, 0.25) is 0 Å². The van der Waals surface area contributed by atoms with E-state index in [0.717, 1.165) is 4.90 Å². The number of aromatic nitrogens is 1. The van der Waals surface area contributed by atoms with Gasteiger partial charge in [0.15, 0.2) is 5.54 Å². The fourth-order valence-electron chi connectivity index (χ4n) is 1.14. The molecule has 1 rings (SSSR count). The number of carbonyl (C=O) groups excluding carboxylic acids is 1. The second kappa shape index (κ2) is 4.33. The van der Waals surface area contributed by atoms with E-state index in [2.05, 4.69) is 4.98 Å². The molecular formula is C10H12F3N3O. The van der Waals surface area contributed by atoms with E-state index in [1.165, 1.54) is 31.6 Å². The van der Waals surface area contributed by atoms with Gasteiger partial charge in [0.2, 0.25) is 0 Å². The lowest BCUT2D eigenvalue weighted by Crippen LogP contribution is -2.61. The Morgan fingerprint density at radius 2 is 2.06 bits per heavy atom. The van der Waals surface area contributed by atoms with Crippen molar-refractivity contribution in [3.63, 3.8) is 0 Å². The van der Waals surface area contributed by atoms with E-state index in [1.807, 2.05) is 0 Å². The Kier molecular flexibility index (Phi) is 3.42. The van der Waals surface area contributed by atoms with Crippen LogP contribution in [-0.2, 0) is 4.79 Å². The maximum Gasteiger partial charge on any atom is 0.415 e. The maximum atomic E-state index is 12.6. The lowest BCUT2D eigenvalue weighted by Gasteiger charge is -2.30. The molecule has 0 fully saturated rings. The van der Waals surface area contributed by atoms with Gasteiger partial charge >= 0.3 is 6.18 Å². The van der Waals surface area contributed by atoms with Crippen LogP contribution in [0.25, 0.3) is 0 Å². The van der Waals surface area contributed by atoms with Crippen molar-refractivity contribution in [2.45, 2.75) is 18.6 Å². The molecule has 0 aromatic carbocycles. The normalized spacial score (nSPS) is 15.2. The van der Waals surface area contributed by atoms with Gasteiger partial charge in [0.25, 0.3) is 5.91 Å². The van der Waals surface area contributed by atoms with Crippen LogP contribution in [-0.4, -0.2) is 29.7 Å². The topological polar surface area (TPSA) is 59.2 Å². The first-order valence-corrected chi connectivity index (χ1v) is 4.71. The first-order chi connectivity index (χ1) is 7.68. The van der Waals surface area contributed by atoms with Gasteiger partial charge in [-0.05, 0) is 19.1 Å². The van der Waals surface area contributed by atoms with Crippen LogP contribution in [0.4, 0.5) is 18.9 Å². The molecule has 0 spiro atoms. The monoisotopic (exact) mass is 247 g/mol. The minimum atomic E-state index is -4.81. The van der Waals surface area contributed by atoms with Crippen molar-refractivity contribution >= 4 is 11.6 Å². The molecule has 17 heavy (non-hydrogen) atoms. The number of carbonyl (C=O) groups is 1. The van der Waals surface area contributed by atoms with Crippen molar-refractivity contribution in [3.05, 3.63) is 24.5 Å². The molecule has 0 aliphatic heterocycles. The number of anilines is 1. The molecule has 0 bridgehead atoms. The highest BCUT2D eigenvalue weighted by atomic mass is 19.4. The van der Waals surface area contributed by atoms with Crippen LogP contribution >= 0.6 is 0 Å². The van der Waals surface area contributed by atoms with E-state index in [4.69, 9.17) is 5.73 Å². The van der Waals surface area contributed by atoms with Crippen LogP contribution in [0, 0.1) is 0 Å². The number of halogens is 3. The molecule has 0 radical (unpaired) electrons. The number of nitrogens with zero attached hydrogens (tertiary/aromatic N) is 2. The molecule has 0 aliphatic carbocycles. The highest BCUT2D eigenvalue weighted by Crippen LogP contribution is 2.30. The summed E-state index contributed by atoms with van der Waals surface area (Å²) < 4.78 is 37.7. The summed E-state index contributed by atoms with van der Waals surface area (Å²) in [5, 5.41) is 0. The number of nitrogens with two attached hydrogens (primary N) is 1. The summed E-state index contributed by atoms with van der Waals surface area (Å²) >= 11 is 0. The van der Waals surface area contributed by atoms with Gasteiger partial charge < -0.3 is 10.6 Å². The van der Waals surface area contributed by atoms with E-state index in [9.17, 15) is 18.0 Å². The fraction of sp³-hybridized carbons (Fsp3) is 0.400. The van der Waals surface area contributed by atoms with Gasteiger partial charge in [-0.1, -0.05) is 0 Å². The molecule has 0 saturated heterocycles. The average Bonchev–Trinajstić information content (AvgIpc) is 2.26. The molecule has 1 heterocycles. The van der Waals surface area contributed by atoms with Crippen LogP contribution < -0.4 is 10.6 Å². The second-order valence-corrected chi connectivity index (χ2v) is 3.78. The van der Waals surface area contributed by atoms with E-state index >= 15 is 0 Å². The van der Waals surface area contributed by atoms with Gasteiger partial charge in [-0.2, -0.15) is 13.2 Å². The Hall–Kier alpha value is -1.63. The molecule has 1 amide bonds. The minimum absolute atomic E-state index is 0.249. The predicted molar refractivity (Wildman–Crippen MR) is 56.3 cm³/mol. The number of hydrogen-bond donors (Lipinski definition) is 1. The summed E-state index contributed by atoms with van der Waals surface area (Å²) in [4.78, 5) is 16.2. The Bertz CT molecular complexity index is 403. The van der Waals surface area contributed by atoms with Gasteiger partial charge in [-0.15, -0.1) is 0 Å². The zero-order valence-corrected chi connectivity index (χ0v) is 9.32. The lowest BCUT2D eigenvalue weighted by atomic mass is 10.0. The van der Waals surface area contributed by atoms with E-state index < -0.39 is 17.6 Å². The van der Waals surface area contributed by atoms with Gasteiger partial charge in [-0.3, -0.25) is 9.78 Å². The molecular weight excluding hydrogens is 235 g/mol. The van der Waals surface area contributed by atoms with Crippen LogP contribution in [0.15, 0.2) is 24.5 Å². The maximum absolute atomic E-state index is 12.6. The third-order valence-corrected chi connectivity index (χ3v) is 2.37. The zero-order chi connectivity index (χ0) is 13.3. The van der Waals surface area contributed by atoms with Gasteiger partial charge in [-0.25, -0.2) is 0 Å². The van der Waals surface area contributed by atoms with E-state index in [1.54, 1.807) is 0 Å². The Morgan fingerprint density at radius 1 is 1.47 bits per heavy atom. The van der Waals surface area contributed by atoms with Crippen LogP contribution in [0.1, 0.15) is 6.92 Å². The fourth-order valence-corrected chi connectivity index (χ4v) is 1.14. The summed E-state index contributed by atoms with van der Waals surface area (Å²) in [6, 6.07) is 2.98. The van der Waals surface area contributed by atoms with Crippen molar-refractivity contribution in [3.8, 4) is 0 Å². The molecule has 1 aromatic heterocycles. The zero-order valence-electron chi connectivity index (χ0n) is 9.32. The van der Waals surface area contributed by atoms with Crippen LogP contribution in [0.3, 0.4) is 0 Å². The molecule has 0 aliphatic rings. The lowest BCUT2D eigenvalue weighted by molar-refractivity contribution is -0.185. The molecule has 1 atom stereocenters. The van der Waals surface area contributed by atoms with Crippen molar-refractivity contribution < 1.29 is 18.0 Å². The first kappa shape index (κ1) is 13.4. The molecule has 4 nitrogen and oxygen atoms in total. The van der Waals surface area contributed by atoms with Gasteiger partial charge in [0.1, 0.15) is 0 Å². The summed E-state index contributed by atoms with van der Waals surface area (Å²) in [6.45, 7) is 0.641. The largest absolute Gasteiger partial charge is 0.415 e. The summed E-state index contributed by atoms with van der Waals surface area (Å²) in [7, 11) is 1.22. The molecule has 7 heteroatoms. The SMILES string of the molecule is CN(C(=O)C(C)(N)C(F)(F)F)c1cccnc1. The standard InChI is InChI=1S/C10H12F3N3O/c1-9(14,10(11,12)13)8(17)16(2)7-4-3-5-15-6-7/h3-6H,14H2,1-2H3. The number of likely N-dealkylation sites (N-methyl/N-ethyl adjacent to an activating group) is 1. The molecule has 1 unspecified atom stereocenters. The smallest absolute Gasteiger partial charge is 0.312 e. The Balaban J connectivity index is 2.99. The summed E-state index contributed by atoms with van der Waals surface area (Å²) in [6.07, 6.45) is -2.07. The Morgan fingerprint density at radius 3 is 2.47 bits per heavy atom. The minimum Gasteiger partial charge on any atom is -0.312 e. The molecule has 2 N–H and O–H groups in total. The van der Waals surface area contributed by atoms with Gasteiger partial charge in [0.05, 0.1) is 11.9 Å². The molecule has 0 saturated carbocycles. The highest BCUT2D eigenvalue weighted by Gasteiger charge is 2.55. The van der Waals surface area contributed by atoms with E-state index in [0.29, 0.717) is 6.92 Å². The summed E-state index contributed by atoms with van der Waals surface area (Å²) in [5.41, 5.74) is 2.37. The Labute approximate surface area is 96.2 Å².